The van der Waals surface area contributed by atoms with E-state index in [9.17, 15) is 4.79 Å². The minimum Gasteiger partial charge on any atom is -0.368 e. The van der Waals surface area contributed by atoms with Crippen LogP contribution in [0, 0.1) is 0 Å². The van der Waals surface area contributed by atoms with Crippen LogP contribution in [0.25, 0.3) is 0 Å². The summed E-state index contributed by atoms with van der Waals surface area (Å²) in [5, 5.41) is 8.47. The molecule has 0 aliphatic carbocycles. The van der Waals surface area contributed by atoms with Crippen molar-refractivity contribution in [3.8, 4) is 0 Å². The van der Waals surface area contributed by atoms with Crippen molar-refractivity contribution in [3.63, 3.8) is 0 Å². The van der Waals surface area contributed by atoms with Crippen molar-refractivity contribution < 1.29 is 4.79 Å². The number of carbonyl (C=O) groups excluding carboxylic acids is 1. The molecule has 1 rings (SSSR count). The summed E-state index contributed by atoms with van der Waals surface area (Å²) in [6.07, 6.45) is 0.339. The molecule has 0 fully saturated rings. The Bertz CT molecular complexity index is 363. The minimum atomic E-state index is -0.198. The van der Waals surface area contributed by atoms with E-state index in [4.69, 9.17) is 11.6 Å². The van der Waals surface area contributed by atoms with Gasteiger partial charge in [-0.15, -0.1) is 10.2 Å². The van der Waals surface area contributed by atoms with Gasteiger partial charge in [0.05, 0.1) is 0 Å². The highest BCUT2D eigenvalue weighted by atomic mass is 32.2. The first-order valence-corrected chi connectivity index (χ1v) is 5.87. The number of nitrogen functional groups attached to an aromatic ring is 1. The fourth-order valence-corrected chi connectivity index (χ4v) is 2.19. The molecule has 0 radical (unpaired) electrons. The largest absolute Gasteiger partial charge is 0.368 e. The highest BCUT2D eigenvalue weighted by Crippen LogP contribution is 2.22. The van der Waals surface area contributed by atoms with Gasteiger partial charge < -0.3 is 5.73 Å². The Morgan fingerprint density at radius 1 is 1.56 bits per heavy atom. The smallest absolute Gasteiger partial charge is 0.234 e. The van der Waals surface area contributed by atoms with Gasteiger partial charge in [0.25, 0.3) is 0 Å². The van der Waals surface area contributed by atoms with E-state index in [2.05, 4.69) is 15.6 Å². The standard InChI is InChI=1S/C8H16N6OS/c1-5(2)14-7(9)12-13-8(14)16-4-3-6(15)11-10/h5H,3-4,10H2,1-2H3,(H2,9,12)(H,11,15). The van der Waals surface area contributed by atoms with Gasteiger partial charge in [-0.25, -0.2) is 5.84 Å². The first-order chi connectivity index (χ1) is 7.56. The third-order valence-corrected chi connectivity index (χ3v) is 2.87. The zero-order valence-electron chi connectivity index (χ0n) is 9.30. The Morgan fingerprint density at radius 2 is 2.25 bits per heavy atom. The summed E-state index contributed by atoms with van der Waals surface area (Å²) in [6, 6.07) is 0.195. The zero-order valence-corrected chi connectivity index (χ0v) is 10.1. The number of hydrogen-bond donors (Lipinski definition) is 3. The number of rotatable bonds is 5. The maximum absolute atomic E-state index is 10.9. The average Bonchev–Trinajstić information content (AvgIpc) is 2.59. The second-order valence-corrected chi connectivity index (χ2v) is 4.53. The molecule has 0 saturated heterocycles. The third kappa shape index (κ3) is 3.11. The molecule has 0 spiro atoms. The summed E-state index contributed by atoms with van der Waals surface area (Å²) >= 11 is 1.43. The maximum atomic E-state index is 10.9. The van der Waals surface area contributed by atoms with Gasteiger partial charge in [-0.3, -0.25) is 14.8 Å². The number of aromatic nitrogens is 3. The van der Waals surface area contributed by atoms with Crippen LogP contribution in [0.5, 0.6) is 0 Å². The topological polar surface area (TPSA) is 112 Å². The van der Waals surface area contributed by atoms with Gasteiger partial charge in [0.15, 0.2) is 5.16 Å². The monoisotopic (exact) mass is 244 g/mol. The van der Waals surface area contributed by atoms with Crippen LogP contribution in [0.2, 0.25) is 0 Å². The summed E-state index contributed by atoms with van der Waals surface area (Å²) in [5.41, 5.74) is 7.75. The van der Waals surface area contributed by atoms with Crippen molar-refractivity contribution in [2.45, 2.75) is 31.5 Å². The first kappa shape index (κ1) is 12.8. The van der Waals surface area contributed by atoms with Crippen molar-refractivity contribution >= 4 is 23.6 Å². The molecular formula is C8H16N6OS. The molecule has 1 aromatic heterocycles. The average molecular weight is 244 g/mol. The van der Waals surface area contributed by atoms with Gasteiger partial charge in [-0.2, -0.15) is 0 Å². The van der Waals surface area contributed by atoms with Crippen LogP contribution in [0.4, 0.5) is 5.95 Å². The lowest BCUT2D eigenvalue weighted by Gasteiger charge is -2.10. The molecule has 0 bridgehead atoms. The Balaban J connectivity index is 2.57. The highest BCUT2D eigenvalue weighted by molar-refractivity contribution is 7.99. The molecule has 5 N–H and O–H groups in total. The number of amides is 1. The molecule has 16 heavy (non-hydrogen) atoms. The van der Waals surface area contributed by atoms with Crippen LogP contribution in [0.15, 0.2) is 5.16 Å². The van der Waals surface area contributed by atoms with Crippen LogP contribution in [-0.4, -0.2) is 26.4 Å². The zero-order chi connectivity index (χ0) is 12.1. The van der Waals surface area contributed by atoms with Gasteiger partial charge in [0.1, 0.15) is 0 Å². The minimum absolute atomic E-state index is 0.195. The van der Waals surface area contributed by atoms with Crippen LogP contribution < -0.4 is 17.0 Å². The normalized spacial score (nSPS) is 10.8. The second-order valence-electron chi connectivity index (χ2n) is 3.47. The highest BCUT2D eigenvalue weighted by Gasteiger charge is 2.12. The van der Waals surface area contributed by atoms with E-state index in [1.165, 1.54) is 11.8 Å². The molecule has 0 unspecified atom stereocenters. The van der Waals surface area contributed by atoms with E-state index < -0.39 is 0 Å². The number of nitrogens with one attached hydrogen (secondary N) is 1. The summed E-state index contributed by atoms with van der Waals surface area (Å²) in [7, 11) is 0. The lowest BCUT2D eigenvalue weighted by molar-refractivity contribution is -0.120. The van der Waals surface area contributed by atoms with Crippen LogP contribution in [0.3, 0.4) is 0 Å². The van der Waals surface area contributed by atoms with Gasteiger partial charge in [0.2, 0.25) is 11.9 Å². The van der Waals surface area contributed by atoms with E-state index in [0.717, 1.165) is 5.16 Å². The summed E-state index contributed by atoms with van der Waals surface area (Å²) < 4.78 is 1.82. The summed E-state index contributed by atoms with van der Waals surface area (Å²) in [4.78, 5) is 10.9. The van der Waals surface area contributed by atoms with Gasteiger partial charge in [-0.05, 0) is 13.8 Å². The Labute approximate surface area is 97.9 Å². The van der Waals surface area contributed by atoms with Crippen LogP contribution >= 0.6 is 11.8 Å². The fourth-order valence-electron chi connectivity index (χ4n) is 1.18. The number of hydrazine groups is 1. The van der Waals surface area contributed by atoms with Crippen LogP contribution in [0.1, 0.15) is 26.3 Å². The predicted molar refractivity (Wildman–Crippen MR) is 62.5 cm³/mol. The third-order valence-electron chi connectivity index (χ3n) is 1.93. The molecule has 1 amide bonds. The Morgan fingerprint density at radius 3 is 2.81 bits per heavy atom. The van der Waals surface area contributed by atoms with E-state index >= 15 is 0 Å². The second kappa shape index (κ2) is 5.71. The van der Waals surface area contributed by atoms with Crippen molar-refractivity contribution in [2.75, 3.05) is 11.5 Å². The molecule has 0 aliphatic rings. The lowest BCUT2D eigenvalue weighted by Crippen LogP contribution is -2.30. The molecule has 1 heterocycles. The first-order valence-electron chi connectivity index (χ1n) is 4.89. The number of carbonyl (C=O) groups is 1. The number of nitrogens with zero attached hydrogens (tertiary/aromatic N) is 3. The molecule has 1 aromatic rings. The number of anilines is 1. The SMILES string of the molecule is CC(C)n1c(N)nnc1SCCC(=O)NN. The molecule has 0 atom stereocenters. The number of thioether (sulfide) groups is 1. The molecule has 0 aliphatic heterocycles. The quantitative estimate of drug-likeness (QED) is 0.289. The number of nitrogens with two attached hydrogens (primary N) is 2. The number of hydrogen-bond acceptors (Lipinski definition) is 6. The van der Waals surface area contributed by atoms with Gasteiger partial charge >= 0.3 is 0 Å². The molecule has 7 nitrogen and oxygen atoms in total. The van der Waals surface area contributed by atoms with Crippen molar-refractivity contribution in [1.29, 1.82) is 0 Å². The summed E-state index contributed by atoms with van der Waals surface area (Å²) in [5.74, 6) is 5.75. The molecule has 0 saturated carbocycles. The van der Waals surface area contributed by atoms with Gasteiger partial charge in [0, 0.05) is 18.2 Å². The van der Waals surface area contributed by atoms with E-state index in [1.54, 1.807) is 0 Å². The van der Waals surface area contributed by atoms with E-state index in [0.29, 0.717) is 18.1 Å². The Hall–Kier alpha value is -1.28. The molecule has 90 valence electrons. The molecular weight excluding hydrogens is 228 g/mol. The van der Waals surface area contributed by atoms with Crippen molar-refractivity contribution in [2.24, 2.45) is 5.84 Å². The fraction of sp³-hybridized carbons (Fsp3) is 0.625. The van der Waals surface area contributed by atoms with Gasteiger partial charge in [-0.1, -0.05) is 11.8 Å². The van der Waals surface area contributed by atoms with E-state index in [1.807, 2.05) is 18.4 Å². The van der Waals surface area contributed by atoms with E-state index in [-0.39, 0.29) is 11.9 Å². The molecule has 0 aromatic carbocycles. The van der Waals surface area contributed by atoms with Crippen molar-refractivity contribution in [1.82, 2.24) is 20.2 Å². The lowest BCUT2D eigenvalue weighted by atomic mass is 10.4. The van der Waals surface area contributed by atoms with Crippen LogP contribution in [-0.2, 0) is 4.79 Å². The maximum Gasteiger partial charge on any atom is 0.234 e. The Kier molecular flexibility index (Phi) is 4.56. The predicted octanol–water partition coefficient (Wildman–Crippen LogP) is -0.0867. The molecule has 8 heteroatoms. The van der Waals surface area contributed by atoms with Crippen molar-refractivity contribution in [3.05, 3.63) is 0 Å². The summed E-state index contributed by atoms with van der Waals surface area (Å²) in [6.45, 7) is 3.99.